The first-order chi connectivity index (χ1) is 13.3. The zero-order chi connectivity index (χ0) is 20.1. The Morgan fingerprint density at radius 1 is 1.07 bits per heavy atom. The summed E-state index contributed by atoms with van der Waals surface area (Å²) in [6, 6.07) is 7.29. The van der Waals surface area contributed by atoms with E-state index in [0.29, 0.717) is 10.7 Å². The second-order valence-corrected chi connectivity index (χ2v) is 6.50. The molecule has 3 rings (SSSR count). The number of pyridine rings is 1. The van der Waals surface area contributed by atoms with Crippen LogP contribution in [-0.4, -0.2) is 21.8 Å². The van der Waals surface area contributed by atoms with Crippen molar-refractivity contribution in [2.45, 2.75) is 12.6 Å². The van der Waals surface area contributed by atoms with Gasteiger partial charge in [0.1, 0.15) is 5.01 Å². The standard InChI is InChI=1S/C18H13F3N4O2S/c19-18(20,21)13-5-3-11(4-6-13)16(27)25-24-15(26)8-14-10-28-17(23-14)12-2-1-7-22-9-12/h1-7,9-10H,8H2,(H,24,26)(H,25,27). The molecule has 2 amide bonds. The Labute approximate surface area is 161 Å². The Morgan fingerprint density at radius 2 is 1.82 bits per heavy atom. The Balaban J connectivity index is 1.53. The number of aromatic nitrogens is 2. The molecule has 2 heterocycles. The predicted octanol–water partition coefficient (Wildman–Crippen LogP) is 3.23. The van der Waals surface area contributed by atoms with E-state index in [4.69, 9.17) is 0 Å². The van der Waals surface area contributed by atoms with Crippen LogP contribution in [0.2, 0.25) is 0 Å². The second-order valence-electron chi connectivity index (χ2n) is 5.64. The second kappa shape index (κ2) is 8.17. The molecule has 6 nitrogen and oxygen atoms in total. The highest BCUT2D eigenvalue weighted by atomic mass is 32.1. The number of hydrazine groups is 1. The molecule has 0 saturated heterocycles. The number of nitrogens with zero attached hydrogens (tertiary/aromatic N) is 2. The van der Waals surface area contributed by atoms with E-state index in [0.717, 1.165) is 29.8 Å². The number of carbonyl (C=O) groups excluding carboxylic acids is 2. The Hall–Kier alpha value is -3.27. The zero-order valence-corrected chi connectivity index (χ0v) is 15.0. The number of hydrogen-bond acceptors (Lipinski definition) is 5. The quantitative estimate of drug-likeness (QED) is 0.652. The summed E-state index contributed by atoms with van der Waals surface area (Å²) in [6.07, 6.45) is -1.24. The van der Waals surface area contributed by atoms with Crippen molar-refractivity contribution in [2.75, 3.05) is 0 Å². The van der Waals surface area contributed by atoms with Gasteiger partial charge in [0.2, 0.25) is 5.91 Å². The fourth-order valence-corrected chi connectivity index (χ4v) is 3.04. The van der Waals surface area contributed by atoms with E-state index in [1.807, 2.05) is 6.07 Å². The molecule has 0 unspecified atom stereocenters. The van der Waals surface area contributed by atoms with Crippen molar-refractivity contribution in [2.24, 2.45) is 0 Å². The van der Waals surface area contributed by atoms with Crippen molar-refractivity contribution in [3.63, 3.8) is 0 Å². The van der Waals surface area contributed by atoms with Crippen molar-refractivity contribution in [3.05, 3.63) is 71.0 Å². The molecule has 0 saturated carbocycles. The van der Waals surface area contributed by atoms with Gasteiger partial charge in [0.25, 0.3) is 5.91 Å². The molecule has 0 aliphatic heterocycles. The molecular weight excluding hydrogens is 393 g/mol. The van der Waals surface area contributed by atoms with Gasteiger partial charge in [0.15, 0.2) is 0 Å². The number of halogens is 3. The molecule has 144 valence electrons. The summed E-state index contributed by atoms with van der Waals surface area (Å²) in [5.74, 6) is -1.24. The van der Waals surface area contributed by atoms with Crippen LogP contribution in [-0.2, 0) is 17.4 Å². The number of carbonyl (C=O) groups is 2. The zero-order valence-electron chi connectivity index (χ0n) is 14.2. The van der Waals surface area contributed by atoms with Gasteiger partial charge in [-0.25, -0.2) is 4.98 Å². The predicted molar refractivity (Wildman–Crippen MR) is 96.1 cm³/mol. The number of benzene rings is 1. The van der Waals surface area contributed by atoms with E-state index in [-0.39, 0.29) is 12.0 Å². The largest absolute Gasteiger partial charge is 0.416 e. The molecule has 10 heteroatoms. The molecule has 2 aromatic heterocycles. The monoisotopic (exact) mass is 406 g/mol. The van der Waals surface area contributed by atoms with Crippen molar-refractivity contribution in [3.8, 4) is 10.6 Å². The highest BCUT2D eigenvalue weighted by molar-refractivity contribution is 7.13. The van der Waals surface area contributed by atoms with E-state index in [1.54, 1.807) is 23.8 Å². The molecule has 0 radical (unpaired) electrons. The van der Waals surface area contributed by atoms with Gasteiger partial charge in [-0.05, 0) is 36.4 Å². The molecule has 3 aromatic rings. The summed E-state index contributed by atoms with van der Waals surface area (Å²) in [4.78, 5) is 32.2. The van der Waals surface area contributed by atoms with E-state index in [1.165, 1.54) is 11.3 Å². The van der Waals surface area contributed by atoms with Crippen LogP contribution in [0.4, 0.5) is 13.2 Å². The lowest BCUT2D eigenvalue weighted by Crippen LogP contribution is -2.42. The Morgan fingerprint density at radius 3 is 2.46 bits per heavy atom. The number of hydrogen-bond donors (Lipinski definition) is 2. The van der Waals surface area contributed by atoms with Gasteiger partial charge in [-0.15, -0.1) is 11.3 Å². The average Bonchev–Trinajstić information content (AvgIpc) is 3.14. The molecular formula is C18H13F3N4O2S. The third kappa shape index (κ3) is 4.92. The van der Waals surface area contributed by atoms with Gasteiger partial charge in [-0.2, -0.15) is 13.2 Å². The molecule has 0 bridgehead atoms. The lowest BCUT2D eigenvalue weighted by Gasteiger charge is -2.09. The number of nitrogens with one attached hydrogen (secondary N) is 2. The average molecular weight is 406 g/mol. The Kier molecular flexibility index (Phi) is 5.69. The molecule has 0 spiro atoms. The summed E-state index contributed by atoms with van der Waals surface area (Å²) in [7, 11) is 0. The van der Waals surface area contributed by atoms with Crippen molar-refractivity contribution in [1.82, 2.24) is 20.8 Å². The minimum atomic E-state index is -4.48. The fraction of sp³-hybridized carbons (Fsp3) is 0.111. The van der Waals surface area contributed by atoms with Crippen molar-refractivity contribution < 1.29 is 22.8 Å². The number of thiazole rings is 1. The van der Waals surface area contributed by atoms with Crippen LogP contribution < -0.4 is 10.9 Å². The molecule has 1 aromatic carbocycles. The summed E-state index contributed by atoms with van der Waals surface area (Å²) in [5, 5.41) is 2.43. The lowest BCUT2D eigenvalue weighted by atomic mass is 10.1. The fourth-order valence-electron chi connectivity index (χ4n) is 2.23. The summed E-state index contributed by atoms with van der Waals surface area (Å²) in [5.41, 5.74) is 4.85. The van der Waals surface area contributed by atoms with Crippen LogP contribution in [0.3, 0.4) is 0 Å². The van der Waals surface area contributed by atoms with Crippen molar-refractivity contribution >= 4 is 23.2 Å². The maximum absolute atomic E-state index is 12.5. The smallest absolute Gasteiger partial charge is 0.273 e. The number of amides is 2. The lowest BCUT2D eigenvalue weighted by molar-refractivity contribution is -0.137. The maximum atomic E-state index is 12.5. The maximum Gasteiger partial charge on any atom is 0.416 e. The SMILES string of the molecule is O=C(Cc1csc(-c2cccnc2)n1)NNC(=O)c1ccc(C(F)(F)F)cc1. The van der Waals surface area contributed by atoms with Crippen LogP contribution >= 0.6 is 11.3 Å². The topological polar surface area (TPSA) is 84.0 Å². The number of rotatable bonds is 4. The Bertz CT molecular complexity index is 973. The van der Waals surface area contributed by atoms with Gasteiger partial charge in [-0.1, -0.05) is 0 Å². The van der Waals surface area contributed by atoms with Crippen LogP contribution in [0.1, 0.15) is 21.6 Å². The van der Waals surface area contributed by atoms with E-state index in [9.17, 15) is 22.8 Å². The van der Waals surface area contributed by atoms with Gasteiger partial charge >= 0.3 is 6.18 Å². The molecule has 0 fully saturated rings. The van der Waals surface area contributed by atoms with E-state index < -0.39 is 23.6 Å². The van der Waals surface area contributed by atoms with Crippen molar-refractivity contribution in [1.29, 1.82) is 0 Å². The first-order valence-electron chi connectivity index (χ1n) is 7.94. The minimum absolute atomic E-state index is 0.0131. The van der Waals surface area contributed by atoms with Gasteiger partial charge < -0.3 is 0 Å². The first kappa shape index (κ1) is 19.5. The molecule has 0 atom stereocenters. The molecule has 2 N–H and O–H groups in total. The third-order valence-electron chi connectivity index (χ3n) is 3.59. The molecule has 28 heavy (non-hydrogen) atoms. The third-order valence-corrected chi connectivity index (χ3v) is 4.53. The summed E-state index contributed by atoms with van der Waals surface area (Å²) in [6.45, 7) is 0. The highest BCUT2D eigenvalue weighted by Gasteiger charge is 2.30. The summed E-state index contributed by atoms with van der Waals surface area (Å²) < 4.78 is 37.6. The van der Waals surface area contributed by atoms with E-state index >= 15 is 0 Å². The summed E-state index contributed by atoms with van der Waals surface area (Å²) >= 11 is 1.36. The highest BCUT2D eigenvalue weighted by Crippen LogP contribution is 2.29. The molecule has 0 aliphatic rings. The van der Waals surface area contributed by atoms with Crippen LogP contribution in [0.5, 0.6) is 0 Å². The van der Waals surface area contributed by atoms with Crippen LogP contribution in [0, 0.1) is 0 Å². The van der Waals surface area contributed by atoms with E-state index in [2.05, 4.69) is 20.8 Å². The van der Waals surface area contributed by atoms with Gasteiger partial charge in [0.05, 0.1) is 17.7 Å². The van der Waals surface area contributed by atoms with Crippen LogP contribution in [0.25, 0.3) is 10.6 Å². The minimum Gasteiger partial charge on any atom is -0.273 e. The molecule has 0 aliphatic carbocycles. The van der Waals surface area contributed by atoms with Gasteiger partial charge in [0, 0.05) is 28.9 Å². The van der Waals surface area contributed by atoms with Gasteiger partial charge in [-0.3, -0.25) is 25.4 Å². The van der Waals surface area contributed by atoms with Crippen LogP contribution in [0.15, 0.2) is 54.2 Å². The normalized spacial score (nSPS) is 11.1. The first-order valence-corrected chi connectivity index (χ1v) is 8.82. The number of alkyl halides is 3.